The Kier molecular flexibility index (Phi) is 7.76. The SMILES string of the molecule is CC(C)(C)c1ccc(N(C(=O)C2CC(O)CN2C#N)C(C(=O)NC2CCC(F)(F)CC2)c2nncn2C2CC2)cc1. The molecule has 1 aromatic carbocycles. The highest BCUT2D eigenvalue weighted by Crippen LogP contribution is 2.40. The maximum Gasteiger partial charge on any atom is 0.251 e. The molecule has 0 bridgehead atoms. The van der Waals surface area contributed by atoms with E-state index < -0.39 is 42.0 Å². The Balaban J connectivity index is 1.57. The highest BCUT2D eigenvalue weighted by Gasteiger charge is 2.46. The van der Waals surface area contributed by atoms with Crippen LogP contribution < -0.4 is 10.2 Å². The topological polar surface area (TPSA) is 127 Å². The molecule has 3 unspecified atom stereocenters. The number of anilines is 1. The molecule has 2 amide bonds. The number of alkyl halides is 2. The van der Waals surface area contributed by atoms with E-state index in [9.17, 15) is 28.7 Å². The van der Waals surface area contributed by atoms with E-state index in [0.29, 0.717) is 5.69 Å². The first-order valence-corrected chi connectivity index (χ1v) is 14.2. The number of nitrogens with zero attached hydrogens (tertiary/aromatic N) is 6. The number of benzene rings is 1. The third kappa shape index (κ3) is 6.20. The van der Waals surface area contributed by atoms with Gasteiger partial charge >= 0.3 is 0 Å². The van der Waals surface area contributed by atoms with Crippen molar-refractivity contribution in [2.75, 3.05) is 11.4 Å². The van der Waals surface area contributed by atoms with Gasteiger partial charge in [0.2, 0.25) is 5.92 Å². The van der Waals surface area contributed by atoms with Crippen LogP contribution in [0.25, 0.3) is 0 Å². The van der Waals surface area contributed by atoms with Gasteiger partial charge in [0.25, 0.3) is 11.8 Å². The number of likely N-dealkylation sites (tertiary alicyclic amines) is 1. The summed E-state index contributed by atoms with van der Waals surface area (Å²) >= 11 is 0. The first kappa shape index (κ1) is 28.9. The van der Waals surface area contributed by atoms with Crippen LogP contribution in [0.4, 0.5) is 14.5 Å². The van der Waals surface area contributed by atoms with Gasteiger partial charge in [-0.3, -0.25) is 19.4 Å². The highest BCUT2D eigenvalue weighted by atomic mass is 19.3. The summed E-state index contributed by atoms with van der Waals surface area (Å²) in [5, 5.41) is 31.3. The number of carbonyl (C=O) groups is 2. The molecule has 1 aromatic heterocycles. The summed E-state index contributed by atoms with van der Waals surface area (Å²) in [6.45, 7) is 6.21. The van der Waals surface area contributed by atoms with E-state index in [4.69, 9.17) is 0 Å². The average molecular weight is 570 g/mol. The van der Waals surface area contributed by atoms with Gasteiger partial charge in [0.05, 0.1) is 12.6 Å². The third-order valence-corrected chi connectivity index (χ3v) is 8.30. The predicted octanol–water partition coefficient (Wildman–Crippen LogP) is 3.60. The number of nitrogens with one attached hydrogen (secondary N) is 1. The lowest BCUT2D eigenvalue weighted by molar-refractivity contribution is -0.129. The average Bonchev–Trinajstić information content (AvgIpc) is 3.52. The molecule has 10 nitrogen and oxygen atoms in total. The van der Waals surface area contributed by atoms with Gasteiger partial charge < -0.3 is 15.0 Å². The molecule has 1 aliphatic heterocycles. The Morgan fingerprint density at radius 3 is 2.41 bits per heavy atom. The van der Waals surface area contributed by atoms with Crippen LogP contribution in [0.1, 0.15) is 89.2 Å². The van der Waals surface area contributed by atoms with Crippen LogP contribution in [0.2, 0.25) is 0 Å². The first-order valence-electron chi connectivity index (χ1n) is 14.2. The molecule has 220 valence electrons. The molecular formula is C29H37F2N7O3. The zero-order valence-electron chi connectivity index (χ0n) is 23.6. The number of aliphatic hydroxyl groups is 1. The summed E-state index contributed by atoms with van der Waals surface area (Å²) in [6, 6.07) is 4.67. The summed E-state index contributed by atoms with van der Waals surface area (Å²) in [6.07, 6.45) is 4.04. The highest BCUT2D eigenvalue weighted by molar-refractivity contribution is 6.03. The number of rotatable bonds is 7. The molecule has 41 heavy (non-hydrogen) atoms. The lowest BCUT2D eigenvalue weighted by atomic mass is 9.87. The standard InChI is InChI=1S/C29H37F2N7O3/c1-28(2,3)18-4-6-21(7-5-18)38(27(41)23-14-22(39)15-36(23)16-32)24(25-35-33-17-37(25)20-8-9-20)26(40)34-19-10-12-29(30,31)13-11-19/h4-7,17,19-20,22-24,39H,8-15H2,1-3H3,(H,34,40). The number of halogens is 2. The number of aliphatic hydroxyl groups excluding tert-OH is 1. The van der Waals surface area contributed by atoms with Crippen LogP contribution in [0.5, 0.6) is 0 Å². The van der Waals surface area contributed by atoms with Crippen LogP contribution in [-0.4, -0.2) is 67.2 Å². The number of hydrogen-bond donors (Lipinski definition) is 2. The fourth-order valence-electron chi connectivity index (χ4n) is 5.74. The molecule has 12 heteroatoms. The van der Waals surface area contributed by atoms with Crippen molar-refractivity contribution in [1.82, 2.24) is 25.0 Å². The molecule has 2 heterocycles. The molecule has 3 atom stereocenters. The zero-order valence-corrected chi connectivity index (χ0v) is 23.6. The van der Waals surface area contributed by atoms with Crippen LogP contribution in [0, 0.1) is 11.5 Å². The second kappa shape index (κ2) is 11.0. The maximum atomic E-state index is 14.3. The molecule has 2 saturated carbocycles. The number of amides is 2. The van der Waals surface area contributed by atoms with Gasteiger partial charge in [-0.05, 0) is 48.8 Å². The summed E-state index contributed by atoms with van der Waals surface area (Å²) in [7, 11) is 0. The fourth-order valence-corrected chi connectivity index (χ4v) is 5.74. The number of hydrogen-bond acceptors (Lipinski definition) is 7. The van der Waals surface area contributed by atoms with Gasteiger partial charge in [0.15, 0.2) is 18.1 Å². The van der Waals surface area contributed by atoms with Gasteiger partial charge in [0, 0.05) is 37.0 Å². The van der Waals surface area contributed by atoms with Crippen molar-refractivity contribution in [2.24, 2.45) is 0 Å². The van der Waals surface area contributed by atoms with E-state index in [0.717, 1.165) is 18.4 Å². The van der Waals surface area contributed by atoms with Gasteiger partial charge in [-0.2, -0.15) is 5.26 Å². The van der Waals surface area contributed by atoms with E-state index >= 15 is 0 Å². The molecule has 0 spiro atoms. The van der Waals surface area contributed by atoms with Crippen molar-refractivity contribution in [3.63, 3.8) is 0 Å². The smallest absolute Gasteiger partial charge is 0.251 e. The predicted molar refractivity (Wildman–Crippen MR) is 146 cm³/mol. The summed E-state index contributed by atoms with van der Waals surface area (Å²) in [5.41, 5.74) is 1.28. The van der Waals surface area contributed by atoms with Gasteiger partial charge in [-0.25, -0.2) is 8.78 Å². The molecule has 5 rings (SSSR count). The molecule has 1 saturated heterocycles. The molecule has 3 aliphatic rings. The number of β-amino-alcohol motifs (C(OH)–C–C–N with tert-alkyl or cyclic N) is 1. The van der Waals surface area contributed by atoms with E-state index in [1.54, 1.807) is 23.0 Å². The van der Waals surface area contributed by atoms with Crippen LogP contribution in [0.15, 0.2) is 30.6 Å². The minimum Gasteiger partial charge on any atom is -0.391 e. The Morgan fingerprint density at radius 1 is 1.17 bits per heavy atom. The molecule has 2 N–H and O–H groups in total. The van der Waals surface area contributed by atoms with Gasteiger partial charge in [0.1, 0.15) is 12.4 Å². The lowest BCUT2D eigenvalue weighted by Gasteiger charge is -2.35. The number of aromatic nitrogens is 3. The van der Waals surface area contributed by atoms with Crippen molar-refractivity contribution >= 4 is 17.5 Å². The minimum absolute atomic E-state index is 0.00904. The normalized spacial score (nSPS) is 23.6. The largest absolute Gasteiger partial charge is 0.391 e. The van der Waals surface area contributed by atoms with E-state index in [1.807, 2.05) is 18.3 Å². The zero-order chi connectivity index (χ0) is 29.5. The lowest BCUT2D eigenvalue weighted by Crippen LogP contribution is -2.52. The Morgan fingerprint density at radius 2 is 1.83 bits per heavy atom. The maximum absolute atomic E-state index is 14.3. The fraction of sp³-hybridized carbons (Fsp3) is 0.621. The Labute approximate surface area is 238 Å². The van der Waals surface area contributed by atoms with Gasteiger partial charge in [-0.15, -0.1) is 10.2 Å². The van der Waals surface area contributed by atoms with E-state index in [-0.39, 0.29) is 55.9 Å². The second-order valence-corrected chi connectivity index (χ2v) is 12.5. The minimum atomic E-state index is -2.76. The molecule has 2 aromatic rings. The molecule has 0 radical (unpaired) electrons. The van der Waals surface area contributed by atoms with Crippen molar-refractivity contribution in [3.05, 3.63) is 42.0 Å². The first-order chi connectivity index (χ1) is 19.4. The second-order valence-electron chi connectivity index (χ2n) is 12.5. The van der Waals surface area contributed by atoms with Crippen molar-refractivity contribution in [3.8, 4) is 6.19 Å². The van der Waals surface area contributed by atoms with Gasteiger partial charge in [-0.1, -0.05) is 32.9 Å². The quantitative estimate of drug-likeness (QED) is 0.488. The molecule has 3 fully saturated rings. The Bertz CT molecular complexity index is 1300. The number of carbonyl (C=O) groups excluding carboxylic acids is 2. The van der Waals surface area contributed by atoms with E-state index in [1.165, 1.54) is 9.80 Å². The summed E-state index contributed by atoms with van der Waals surface area (Å²) < 4.78 is 29.5. The van der Waals surface area contributed by atoms with Crippen LogP contribution in [0.3, 0.4) is 0 Å². The van der Waals surface area contributed by atoms with Crippen LogP contribution >= 0.6 is 0 Å². The number of nitriles is 1. The Hall–Kier alpha value is -3.59. The van der Waals surface area contributed by atoms with Crippen LogP contribution in [-0.2, 0) is 15.0 Å². The van der Waals surface area contributed by atoms with E-state index in [2.05, 4.69) is 36.3 Å². The van der Waals surface area contributed by atoms with Crippen molar-refractivity contribution in [1.29, 1.82) is 5.26 Å². The molecule has 2 aliphatic carbocycles. The monoisotopic (exact) mass is 569 g/mol. The van der Waals surface area contributed by atoms with Crippen molar-refractivity contribution in [2.45, 2.75) is 107 Å². The third-order valence-electron chi connectivity index (χ3n) is 8.30. The molecular weight excluding hydrogens is 532 g/mol. The van der Waals surface area contributed by atoms with Crippen molar-refractivity contribution < 1.29 is 23.5 Å². The summed E-state index contributed by atoms with van der Waals surface area (Å²) in [5.74, 6) is -3.58. The summed E-state index contributed by atoms with van der Waals surface area (Å²) in [4.78, 5) is 31.1.